The topological polar surface area (TPSA) is 94.6 Å². The molecule has 1 amide bonds. The number of carbonyl (C=O) groups excluding carboxylic acids is 3. The number of ether oxygens (including phenoxy) is 2. The number of nitrogens with one attached hydrogen (secondary N) is 1. The highest BCUT2D eigenvalue weighted by Crippen LogP contribution is 2.10. The van der Waals surface area contributed by atoms with Crippen molar-refractivity contribution < 1.29 is 23.9 Å². The van der Waals surface area contributed by atoms with Gasteiger partial charge in [0.1, 0.15) is 0 Å². The van der Waals surface area contributed by atoms with E-state index >= 15 is 0 Å². The largest absolute Gasteiger partial charge is 0.465 e. The highest BCUT2D eigenvalue weighted by atomic mass is 79.9. The number of nitrogens with zero attached hydrogens (tertiary/aromatic N) is 1. The lowest BCUT2D eigenvalue weighted by Crippen LogP contribution is -2.28. The molecule has 0 spiro atoms. The number of hydrogen-bond donors (Lipinski definition) is 1. The molecule has 0 aliphatic rings. The molecule has 7 nitrogen and oxygen atoms in total. The molecule has 0 saturated carbocycles. The summed E-state index contributed by atoms with van der Waals surface area (Å²) < 4.78 is 10.2. The standard InChI is InChI=1S/C17H15BrN2O5/c1-24-16(22)12-4-2-11(3-5-12)7-20-15(21)10-25-17(23)13-6-14(18)9-19-8-13/h2-6,8-9H,7,10H2,1H3,(H,20,21). The lowest BCUT2D eigenvalue weighted by Gasteiger charge is -2.07. The van der Waals surface area contributed by atoms with E-state index in [9.17, 15) is 14.4 Å². The Bertz CT molecular complexity index is 777. The van der Waals surface area contributed by atoms with Crippen LogP contribution in [0.5, 0.6) is 0 Å². The number of amides is 1. The summed E-state index contributed by atoms with van der Waals surface area (Å²) in [4.78, 5) is 38.7. The van der Waals surface area contributed by atoms with Crippen molar-refractivity contribution in [1.82, 2.24) is 10.3 Å². The average molecular weight is 407 g/mol. The molecule has 8 heteroatoms. The fourth-order valence-corrected chi connectivity index (χ4v) is 2.23. The Hall–Kier alpha value is -2.74. The summed E-state index contributed by atoms with van der Waals surface area (Å²) in [5.74, 6) is -1.50. The third kappa shape index (κ3) is 5.68. The molecule has 1 N–H and O–H groups in total. The zero-order valence-corrected chi connectivity index (χ0v) is 14.9. The van der Waals surface area contributed by atoms with Crippen molar-refractivity contribution in [2.75, 3.05) is 13.7 Å². The summed E-state index contributed by atoms with van der Waals surface area (Å²) in [6, 6.07) is 8.16. The molecule has 130 valence electrons. The first-order chi connectivity index (χ1) is 12.0. The van der Waals surface area contributed by atoms with Crippen LogP contribution < -0.4 is 5.32 Å². The molecule has 0 aliphatic carbocycles. The second kappa shape index (κ2) is 8.93. The van der Waals surface area contributed by atoms with Crippen LogP contribution in [-0.2, 0) is 20.8 Å². The minimum atomic E-state index is -0.633. The van der Waals surface area contributed by atoms with E-state index in [4.69, 9.17) is 4.74 Å². The summed E-state index contributed by atoms with van der Waals surface area (Å²) in [5.41, 5.74) is 1.47. The summed E-state index contributed by atoms with van der Waals surface area (Å²) in [7, 11) is 1.31. The zero-order valence-electron chi connectivity index (χ0n) is 13.3. The minimum absolute atomic E-state index is 0.246. The van der Waals surface area contributed by atoms with Crippen LogP contribution in [0.4, 0.5) is 0 Å². The van der Waals surface area contributed by atoms with Crippen LogP contribution in [0.3, 0.4) is 0 Å². The molecular formula is C17H15BrN2O5. The van der Waals surface area contributed by atoms with E-state index in [2.05, 4.69) is 31.0 Å². The number of esters is 2. The Morgan fingerprint density at radius 1 is 1.08 bits per heavy atom. The van der Waals surface area contributed by atoms with Gasteiger partial charge in [0.05, 0.1) is 18.2 Å². The molecule has 0 radical (unpaired) electrons. The van der Waals surface area contributed by atoms with Crippen LogP contribution in [0.1, 0.15) is 26.3 Å². The monoisotopic (exact) mass is 406 g/mol. The molecule has 0 aliphatic heterocycles. The number of halogens is 1. The average Bonchev–Trinajstić information content (AvgIpc) is 2.64. The first-order valence-electron chi connectivity index (χ1n) is 7.21. The van der Waals surface area contributed by atoms with Gasteiger partial charge in [-0.05, 0) is 39.7 Å². The van der Waals surface area contributed by atoms with Crippen molar-refractivity contribution in [3.05, 3.63) is 63.9 Å². The van der Waals surface area contributed by atoms with Gasteiger partial charge in [0.2, 0.25) is 0 Å². The molecule has 0 fully saturated rings. The van der Waals surface area contributed by atoms with Gasteiger partial charge in [0.15, 0.2) is 6.61 Å². The lowest BCUT2D eigenvalue weighted by molar-refractivity contribution is -0.124. The number of rotatable bonds is 6. The van der Waals surface area contributed by atoms with Crippen LogP contribution in [0.2, 0.25) is 0 Å². The Balaban J connectivity index is 1.79. The molecule has 0 unspecified atom stereocenters. The van der Waals surface area contributed by atoms with E-state index in [1.165, 1.54) is 19.5 Å². The Morgan fingerprint density at radius 2 is 1.80 bits per heavy atom. The van der Waals surface area contributed by atoms with Crippen molar-refractivity contribution in [2.24, 2.45) is 0 Å². The number of aromatic nitrogens is 1. The second-order valence-corrected chi connectivity index (χ2v) is 5.85. The predicted octanol–water partition coefficient (Wildman–Crippen LogP) is 2.10. The Kier molecular flexibility index (Phi) is 6.64. The quantitative estimate of drug-likeness (QED) is 0.738. The molecule has 0 atom stereocenters. The van der Waals surface area contributed by atoms with Gasteiger partial charge in [0, 0.05) is 23.4 Å². The second-order valence-electron chi connectivity index (χ2n) is 4.93. The molecule has 0 saturated heterocycles. The summed E-state index contributed by atoms with van der Waals surface area (Å²) >= 11 is 3.20. The van der Waals surface area contributed by atoms with E-state index in [0.717, 1.165) is 5.56 Å². The SMILES string of the molecule is COC(=O)c1ccc(CNC(=O)COC(=O)c2cncc(Br)c2)cc1. The summed E-state index contributed by atoms with van der Waals surface area (Å²) in [5, 5.41) is 2.62. The zero-order chi connectivity index (χ0) is 18.2. The van der Waals surface area contributed by atoms with Crippen molar-refractivity contribution >= 4 is 33.8 Å². The molecule has 1 aromatic heterocycles. The summed E-state index contributed by atoms with van der Waals surface area (Å²) in [6.07, 6.45) is 2.89. The number of pyridine rings is 1. The van der Waals surface area contributed by atoms with E-state index in [0.29, 0.717) is 10.0 Å². The predicted molar refractivity (Wildman–Crippen MR) is 91.8 cm³/mol. The Labute approximate surface area is 152 Å². The van der Waals surface area contributed by atoms with E-state index in [1.807, 2.05) is 0 Å². The molecular weight excluding hydrogens is 392 g/mol. The van der Waals surface area contributed by atoms with Crippen LogP contribution in [-0.4, -0.2) is 36.5 Å². The minimum Gasteiger partial charge on any atom is -0.465 e. The fraction of sp³-hybridized carbons (Fsp3) is 0.176. The van der Waals surface area contributed by atoms with Crippen LogP contribution in [0.25, 0.3) is 0 Å². The number of carbonyl (C=O) groups is 3. The normalized spacial score (nSPS) is 10.0. The molecule has 1 aromatic carbocycles. The van der Waals surface area contributed by atoms with Gasteiger partial charge in [-0.25, -0.2) is 9.59 Å². The summed E-state index contributed by atoms with van der Waals surface area (Å²) in [6.45, 7) is -0.151. The first kappa shape index (κ1) is 18.6. The third-order valence-corrected chi connectivity index (χ3v) is 3.57. The van der Waals surface area contributed by atoms with Crippen molar-refractivity contribution in [1.29, 1.82) is 0 Å². The lowest BCUT2D eigenvalue weighted by atomic mass is 10.1. The van der Waals surface area contributed by atoms with E-state index in [-0.39, 0.29) is 12.1 Å². The van der Waals surface area contributed by atoms with E-state index < -0.39 is 24.5 Å². The first-order valence-corrected chi connectivity index (χ1v) is 8.00. The van der Waals surface area contributed by atoms with Gasteiger partial charge in [-0.1, -0.05) is 12.1 Å². The third-order valence-electron chi connectivity index (χ3n) is 3.14. The molecule has 1 heterocycles. The molecule has 2 rings (SSSR count). The Morgan fingerprint density at radius 3 is 2.44 bits per heavy atom. The van der Waals surface area contributed by atoms with Crippen molar-refractivity contribution in [2.45, 2.75) is 6.54 Å². The van der Waals surface area contributed by atoms with Crippen LogP contribution in [0, 0.1) is 0 Å². The number of methoxy groups -OCH3 is 1. The van der Waals surface area contributed by atoms with Gasteiger partial charge in [-0.15, -0.1) is 0 Å². The van der Waals surface area contributed by atoms with Crippen molar-refractivity contribution in [3.63, 3.8) is 0 Å². The maximum atomic E-state index is 11.8. The van der Waals surface area contributed by atoms with Gasteiger partial charge < -0.3 is 14.8 Å². The van der Waals surface area contributed by atoms with E-state index in [1.54, 1.807) is 30.3 Å². The molecule has 0 bridgehead atoms. The van der Waals surface area contributed by atoms with Crippen molar-refractivity contribution in [3.8, 4) is 0 Å². The van der Waals surface area contributed by atoms with Crippen LogP contribution in [0.15, 0.2) is 47.2 Å². The maximum absolute atomic E-state index is 11.8. The van der Waals surface area contributed by atoms with Gasteiger partial charge in [0.25, 0.3) is 5.91 Å². The van der Waals surface area contributed by atoms with Gasteiger partial charge in [-0.3, -0.25) is 9.78 Å². The number of benzene rings is 1. The smallest absolute Gasteiger partial charge is 0.340 e. The number of hydrogen-bond acceptors (Lipinski definition) is 6. The highest BCUT2D eigenvalue weighted by Gasteiger charge is 2.11. The van der Waals surface area contributed by atoms with Crippen LogP contribution >= 0.6 is 15.9 Å². The highest BCUT2D eigenvalue weighted by molar-refractivity contribution is 9.10. The van der Waals surface area contributed by atoms with Gasteiger partial charge >= 0.3 is 11.9 Å². The van der Waals surface area contributed by atoms with Gasteiger partial charge in [-0.2, -0.15) is 0 Å². The molecule has 2 aromatic rings. The fourth-order valence-electron chi connectivity index (χ4n) is 1.87. The molecule has 25 heavy (non-hydrogen) atoms. The maximum Gasteiger partial charge on any atom is 0.340 e.